The van der Waals surface area contributed by atoms with E-state index in [0.29, 0.717) is 24.5 Å². The number of anilines is 1. The number of aryl methyl sites for hydroxylation is 1. The Morgan fingerprint density at radius 2 is 1.91 bits per heavy atom. The maximum atomic E-state index is 13.3. The highest BCUT2D eigenvalue weighted by atomic mass is 16.3. The fraction of sp³-hybridized carbons (Fsp3) is 0.174. The van der Waals surface area contributed by atoms with Crippen molar-refractivity contribution in [3.8, 4) is 11.4 Å². The zero-order valence-electron chi connectivity index (χ0n) is 17.3. The van der Waals surface area contributed by atoms with Crippen LogP contribution in [0.1, 0.15) is 21.7 Å². The molecule has 4 aromatic rings. The Morgan fingerprint density at radius 3 is 2.66 bits per heavy atom. The fourth-order valence-corrected chi connectivity index (χ4v) is 3.95. The van der Waals surface area contributed by atoms with Gasteiger partial charge in [-0.15, -0.1) is 5.10 Å². The minimum Gasteiger partial charge on any atom is -0.459 e. The van der Waals surface area contributed by atoms with Gasteiger partial charge in [0.1, 0.15) is 6.04 Å². The van der Waals surface area contributed by atoms with Gasteiger partial charge in [0.2, 0.25) is 5.91 Å². The van der Waals surface area contributed by atoms with E-state index in [2.05, 4.69) is 20.8 Å². The van der Waals surface area contributed by atoms with Crippen molar-refractivity contribution in [1.82, 2.24) is 25.1 Å². The van der Waals surface area contributed by atoms with E-state index in [4.69, 9.17) is 4.42 Å². The van der Waals surface area contributed by atoms with Crippen molar-refractivity contribution in [2.45, 2.75) is 19.0 Å². The molecule has 1 aliphatic rings. The molecule has 1 N–H and O–H groups in total. The molecule has 0 radical (unpaired) electrons. The number of benzene rings is 2. The van der Waals surface area contributed by atoms with Crippen LogP contribution >= 0.6 is 0 Å². The standard InChI is InChI=1S/C23H20N6O3/c1-28-21(25-26-27-28)16-8-4-9-18(12-16)24-22(30)19-13-15-6-2-3-7-17(15)14-29(19)23(31)20-10-5-11-32-20/h2-12,19H,13-14H2,1H3,(H,24,30). The van der Waals surface area contributed by atoms with Crippen LogP contribution < -0.4 is 5.32 Å². The Balaban J connectivity index is 1.43. The predicted octanol–water partition coefficient (Wildman–Crippen LogP) is 2.68. The van der Waals surface area contributed by atoms with E-state index in [1.54, 1.807) is 40.9 Å². The highest BCUT2D eigenvalue weighted by molar-refractivity contribution is 6.00. The largest absolute Gasteiger partial charge is 0.459 e. The Bertz CT molecular complexity index is 1280. The number of nitrogens with one attached hydrogen (secondary N) is 1. The average molecular weight is 428 g/mol. The monoisotopic (exact) mass is 428 g/mol. The predicted molar refractivity (Wildman–Crippen MR) is 115 cm³/mol. The third kappa shape index (κ3) is 3.64. The Morgan fingerprint density at radius 1 is 1.06 bits per heavy atom. The topological polar surface area (TPSA) is 106 Å². The van der Waals surface area contributed by atoms with Crippen molar-refractivity contribution in [2.75, 3.05) is 5.32 Å². The summed E-state index contributed by atoms with van der Waals surface area (Å²) in [6.45, 7) is 0.332. The van der Waals surface area contributed by atoms with Crippen LogP contribution in [0.2, 0.25) is 0 Å². The van der Waals surface area contributed by atoms with Gasteiger partial charge < -0.3 is 14.6 Å². The Kier molecular flexibility index (Phi) is 4.98. The maximum absolute atomic E-state index is 13.3. The van der Waals surface area contributed by atoms with Gasteiger partial charge in [-0.05, 0) is 45.8 Å². The van der Waals surface area contributed by atoms with Gasteiger partial charge in [0, 0.05) is 31.3 Å². The summed E-state index contributed by atoms with van der Waals surface area (Å²) < 4.78 is 6.87. The first kappa shape index (κ1) is 19.7. The molecule has 2 aromatic heterocycles. The van der Waals surface area contributed by atoms with Gasteiger partial charge in [0.15, 0.2) is 11.6 Å². The summed E-state index contributed by atoms with van der Waals surface area (Å²) in [5.41, 5.74) is 3.44. The number of hydrogen-bond acceptors (Lipinski definition) is 6. The lowest BCUT2D eigenvalue weighted by molar-refractivity contribution is -0.121. The highest BCUT2D eigenvalue weighted by Crippen LogP contribution is 2.27. The fourth-order valence-electron chi connectivity index (χ4n) is 3.95. The summed E-state index contributed by atoms with van der Waals surface area (Å²) in [6.07, 6.45) is 1.87. The van der Waals surface area contributed by atoms with E-state index in [-0.39, 0.29) is 17.6 Å². The lowest BCUT2D eigenvalue weighted by atomic mass is 9.93. The SMILES string of the molecule is Cn1nnnc1-c1cccc(NC(=O)C2Cc3ccccc3CN2C(=O)c2ccco2)c1. The number of nitrogens with zero attached hydrogens (tertiary/aromatic N) is 5. The second-order valence-corrected chi connectivity index (χ2v) is 7.60. The molecule has 0 fully saturated rings. The minimum absolute atomic E-state index is 0.207. The van der Waals surface area contributed by atoms with E-state index >= 15 is 0 Å². The molecule has 1 atom stereocenters. The van der Waals surface area contributed by atoms with E-state index in [1.807, 2.05) is 36.4 Å². The second kappa shape index (κ2) is 8.10. The van der Waals surface area contributed by atoms with Crippen LogP contribution in [0.4, 0.5) is 5.69 Å². The van der Waals surface area contributed by atoms with Gasteiger partial charge in [0.25, 0.3) is 5.91 Å². The van der Waals surface area contributed by atoms with Crippen LogP contribution in [-0.2, 0) is 24.8 Å². The number of tetrazole rings is 1. The highest BCUT2D eigenvalue weighted by Gasteiger charge is 2.36. The van der Waals surface area contributed by atoms with E-state index in [9.17, 15) is 9.59 Å². The van der Waals surface area contributed by atoms with Gasteiger partial charge in [-0.2, -0.15) is 0 Å². The molecule has 0 spiro atoms. The van der Waals surface area contributed by atoms with E-state index in [0.717, 1.165) is 16.7 Å². The smallest absolute Gasteiger partial charge is 0.290 e. The second-order valence-electron chi connectivity index (χ2n) is 7.60. The lowest BCUT2D eigenvalue weighted by Crippen LogP contribution is -2.50. The summed E-state index contributed by atoms with van der Waals surface area (Å²) in [4.78, 5) is 28.0. The normalized spacial score (nSPS) is 15.3. The number of fused-ring (bicyclic) bond motifs is 1. The quantitative estimate of drug-likeness (QED) is 0.536. The molecular formula is C23H20N6O3. The average Bonchev–Trinajstić information content (AvgIpc) is 3.50. The first-order valence-corrected chi connectivity index (χ1v) is 10.1. The number of amides is 2. The van der Waals surface area contributed by atoms with Gasteiger partial charge in [-0.3, -0.25) is 9.59 Å². The van der Waals surface area contributed by atoms with Crippen molar-refractivity contribution in [3.63, 3.8) is 0 Å². The molecule has 1 aliphatic heterocycles. The maximum Gasteiger partial charge on any atom is 0.290 e. The molecule has 2 amide bonds. The molecule has 3 heterocycles. The molecule has 2 aromatic carbocycles. The van der Waals surface area contributed by atoms with E-state index < -0.39 is 6.04 Å². The van der Waals surface area contributed by atoms with Gasteiger partial charge in [-0.1, -0.05) is 36.4 Å². The number of aromatic nitrogens is 4. The molecule has 1 unspecified atom stereocenters. The molecule has 9 heteroatoms. The summed E-state index contributed by atoms with van der Waals surface area (Å²) >= 11 is 0. The zero-order valence-corrected chi connectivity index (χ0v) is 17.3. The van der Waals surface area contributed by atoms with Crippen molar-refractivity contribution in [2.24, 2.45) is 7.05 Å². The Labute approximate surface area is 183 Å². The van der Waals surface area contributed by atoms with Crippen LogP contribution in [0.15, 0.2) is 71.3 Å². The number of carbonyl (C=O) groups is 2. The van der Waals surface area contributed by atoms with Crippen molar-refractivity contribution < 1.29 is 14.0 Å². The van der Waals surface area contributed by atoms with Gasteiger partial charge >= 0.3 is 0 Å². The third-order valence-corrected chi connectivity index (χ3v) is 5.55. The number of furan rings is 1. The first-order chi connectivity index (χ1) is 15.6. The molecular weight excluding hydrogens is 408 g/mol. The zero-order chi connectivity index (χ0) is 22.1. The summed E-state index contributed by atoms with van der Waals surface area (Å²) in [6, 6.07) is 17.7. The summed E-state index contributed by atoms with van der Waals surface area (Å²) in [5, 5.41) is 14.5. The van der Waals surface area contributed by atoms with Crippen molar-refractivity contribution in [3.05, 3.63) is 83.8 Å². The number of hydrogen-bond donors (Lipinski definition) is 1. The van der Waals surface area contributed by atoms with Crippen molar-refractivity contribution in [1.29, 1.82) is 0 Å². The first-order valence-electron chi connectivity index (χ1n) is 10.1. The molecule has 5 rings (SSSR count). The van der Waals surface area contributed by atoms with Gasteiger partial charge in [-0.25, -0.2) is 4.68 Å². The van der Waals surface area contributed by atoms with Crippen molar-refractivity contribution >= 4 is 17.5 Å². The molecule has 0 bridgehead atoms. The molecule has 9 nitrogen and oxygen atoms in total. The van der Waals surface area contributed by atoms with E-state index in [1.165, 1.54) is 6.26 Å². The Hall–Kier alpha value is -4.27. The van der Waals surface area contributed by atoms with Crippen LogP contribution in [0.3, 0.4) is 0 Å². The number of rotatable bonds is 4. The van der Waals surface area contributed by atoms with Crippen LogP contribution in [0, 0.1) is 0 Å². The van der Waals surface area contributed by atoms with Crippen LogP contribution in [0.25, 0.3) is 11.4 Å². The molecule has 0 aliphatic carbocycles. The molecule has 0 saturated heterocycles. The van der Waals surface area contributed by atoms with Crippen LogP contribution in [0.5, 0.6) is 0 Å². The minimum atomic E-state index is -0.678. The molecule has 0 saturated carbocycles. The summed E-state index contributed by atoms with van der Waals surface area (Å²) in [7, 11) is 1.75. The third-order valence-electron chi connectivity index (χ3n) is 5.55. The summed E-state index contributed by atoms with van der Waals surface area (Å²) in [5.74, 6) is 0.206. The van der Waals surface area contributed by atoms with Gasteiger partial charge in [0.05, 0.1) is 6.26 Å². The molecule has 32 heavy (non-hydrogen) atoms. The van der Waals surface area contributed by atoms with Crippen LogP contribution in [-0.4, -0.2) is 43.0 Å². The number of carbonyl (C=O) groups excluding carboxylic acids is 2. The molecule has 160 valence electrons. The lowest BCUT2D eigenvalue weighted by Gasteiger charge is -2.35.